The van der Waals surface area contributed by atoms with Gasteiger partial charge in [0, 0.05) is 11.4 Å². The van der Waals surface area contributed by atoms with Gasteiger partial charge in [0.25, 0.3) is 0 Å². The molecule has 7 heteroatoms. The Hall–Kier alpha value is -2.75. The lowest BCUT2D eigenvalue weighted by Crippen LogP contribution is -2.08. The molecule has 0 saturated heterocycles. The summed E-state index contributed by atoms with van der Waals surface area (Å²) in [7, 11) is 0. The maximum absolute atomic E-state index is 13.6. The quantitative estimate of drug-likeness (QED) is 0.649. The molecule has 2 aromatic rings. The molecule has 3 nitrogen and oxygen atoms in total. The zero-order chi connectivity index (χ0) is 15.6. The van der Waals surface area contributed by atoms with E-state index < -0.39 is 23.1 Å². The van der Waals surface area contributed by atoms with Gasteiger partial charge >= 0.3 is 6.18 Å². The number of hydrogen-bond donors (Lipinski definition) is 2. The molecule has 0 aromatic heterocycles. The second kappa shape index (κ2) is 5.32. The van der Waals surface area contributed by atoms with E-state index in [0.29, 0.717) is 0 Å². The predicted octanol–water partition coefficient (Wildman–Crippen LogP) is 4.04. The van der Waals surface area contributed by atoms with E-state index in [9.17, 15) is 17.6 Å². The summed E-state index contributed by atoms with van der Waals surface area (Å²) < 4.78 is 52.0. The molecule has 3 N–H and O–H groups in total. The Kier molecular flexibility index (Phi) is 3.72. The lowest BCUT2D eigenvalue weighted by molar-refractivity contribution is -0.137. The van der Waals surface area contributed by atoms with Crippen molar-refractivity contribution < 1.29 is 17.6 Å². The first kappa shape index (κ1) is 14.7. The van der Waals surface area contributed by atoms with Crippen molar-refractivity contribution in [2.75, 3.05) is 11.1 Å². The van der Waals surface area contributed by atoms with Gasteiger partial charge in [-0.05, 0) is 36.4 Å². The van der Waals surface area contributed by atoms with Crippen LogP contribution in [0.15, 0.2) is 36.4 Å². The minimum atomic E-state index is -4.66. The van der Waals surface area contributed by atoms with Gasteiger partial charge in [0.2, 0.25) is 0 Å². The highest BCUT2D eigenvalue weighted by atomic mass is 19.4. The molecule has 108 valence electrons. The third-order valence-electron chi connectivity index (χ3n) is 2.72. The zero-order valence-electron chi connectivity index (χ0n) is 10.5. The first-order valence-electron chi connectivity index (χ1n) is 5.74. The average Bonchev–Trinajstić information content (AvgIpc) is 2.41. The highest BCUT2D eigenvalue weighted by Crippen LogP contribution is 2.34. The van der Waals surface area contributed by atoms with Crippen molar-refractivity contribution in [3.05, 3.63) is 53.3 Å². The Labute approximate surface area is 117 Å². The number of nitrogens with zero attached hydrogens (tertiary/aromatic N) is 1. The Morgan fingerprint density at radius 3 is 2.38 bits per heavy atom. The zero-order valence-corrected chi connectivity index (χ0v) is 10.5. The van der Waals surface area contributed by atoms with Crippen LogP contribution in [0.2, 0.25) is 0 Å². The molecule has 0 bridgehead atoms. The average molecular weight is 295 g/mol. The van der Waals surface area contributed by atoms with Crippen LogP contribution in [0.5, 0.6) is 0 Å². The summed E-state index contributed by atoms with van der Waals surface area (Å²) >= 11 is 0. The fourth-order valence-corrected chi connectivity index (χ4v) is 1.74. The van der Waals surface area contributed by atoms with E-state index in [4.69, 9.17) is 11.0 Å². The number of anilines is 3. The number of hydrogen-bond acceptors (Lipinski definition) is 3. The molecule has 0 aliphatic carbocycles. The molecule has 21 heavy (non-hydrogen) atoms. The van der Waals surface area contributed by atoms with Crippen molar-refractivity contribution in [2.24, 2.45) is 0 Å². The number of halogens is 4. The number of nitrogen functional groups attached to an aromatic ring is 1. The van der Waals surface area contributed by atoms with Crippen LogP contribution >= 0.6 is 0 Å². The third-order valence-corrected chi connectivity index (χ3v) is 2.72. The molecule has 2 rings (SSSR count). The Bertz CT molecular complexity index is 717. The smallest absolute Gasteiger partial charge is 0.399 e. The fourth-order valence-electron chi connectivity index (χ4n) is 1.74. The monoisotopic (exact) mass is 295 g/mol. The van der Waals surface area contributed by atoms with Gasteiger partial charge in [-0.1, -0.05) is 0 Å². The normalized spacial score (nSPS) is 11.0. The van der Waals surface area contributed by atoms with Crippen LogP contribution in [0, 0.1) is 17.1 Å². The summed E-state index contributed by atoms with van der Waals surface area (Å²) in [5, 5.41) is 11.2. The second-order valence-corrected chi connectivity index (χ2v) is 4.23. The van der Waals surface area contributed by atoms with Gasteiger partial charge in [0.15, 0.2) is 0 Å². The number of benzene rings is 2. The molecule has 0 atom stereocenters. The Balaban J connectivity index is 2.40. The van der Waals surface area contributed by atoms with E-state index in [2.05, 4.69) is 5.32 Å². The maximum atomic E-state index is 13.6. The van der Waals surface area contributed by atoms with Crippen molar-refractivity contribution in [3.8, 4) is 6.07 Å². The van der Waals surface area contributed by atoms with Gasteiger partial charge in [0.1, 0.15) is 5.82 Å². The van der Waals surface area contributed by atoms with E-state index in [0.717, 1.165) is 18.2 Å². The van der Waals surface area contributed by atoms with Gasteiger partial charge in [-0.2, -0.15) is 18.4 Å². The van der Waals surface area contributed by atoms with E-state index in [1.807, 2.05) is 0 Å². The molecule has 0 spiro atoms. The highest BCUT2D eigenvalue weighted by molar-refractivity contribution is 5.64. The summed E-state index contributed by atoms with van der Waals surface area (Å²) in [6, 6.07) is 8.31. The van der Waals surface area contributed by atoms with Crippen LogP contribution in [-0.4, -0.2) is 0 Å². The second-order valence-electron chi connectivity index (χ2n) is 4.23. The SMILES string of the molecule is N#Cc1ccc(Nc2ccc(N)cc2F)cc1C(F)(F)F. The van der Waals surface area contributed by atoms with Crippen molar-refractivity contribution in [2.45, 2.75) is 6.18 Å². The molecule has 0 radical (unpaired) electrons. The summed E-state index contributed by atoms with van der Waals surface area (Å²) in [5.41, 5.74) is 4.02. The Morgan fingerprint density at radius 1 is 1.10 bits per heavy atom. The molecule has 0 amide bonds. The standard InChI is InChI=1S/C14H9F4N3/c15-12-5-9(20)2-4-13(12)21-10-3-1-8(7-19)11(6-10)14(16,17)18/h1-6,21H,20H2. The van der Waals surface area contributed by atoms with Crippen LogP contribution in [0.1, 0.15) is 11.1 Å². The van der Waals surface area contributed by atoms with E-state index in [-0.39, 0.29) is 17.1 Å². The summed E-state index contributed by atoms with van der Waals surface area (Å²) in [6.45, 7) is 0. The fraction of sp³-hybridized carbons (Fsp3) is 0.0714. The lowest BCUT2D eigenvalue weighted by atomic mass is 10.1. The predicted molar refractivity (Wildman–Crippen MR) is 70.3 cm³/mol. The highest BCUT2D eigenvalue weighted by Gasteiger charge is 2.33. The molecular weight excluding hydrogens is 286 g/mol. The first-order chi connectivity index (χ1) is 9.81. The molecule has 2 aromatic carbocycles. The van der Waals surface area contributed by atoms with Gasteiger partial charge in [0.05, 0.1) is 22.9 Å². The van der Waals surface area contributed by atoms with E-state index in [1.54, 1.807) is 0 Å². The minimum Gasteiger partial charge on any atom is -0.399 e. The maximum Gasteiger partial charge on any atom is 0.417 e. The number of nitrogens with two attached hydrogens (primary N) is 1. The summed E-state index contributed by atoms with van der Waals surface area (Å²) in [6.07, 6.45) is -4.66. The van der Waals surface area contributed by atoms with Crippen LogP contribution in [0.25, 0.3) is 0 Å². The molecule has 0 heterocycles. The largest absolute Gasteiger partial charge is 0.417 e. The topological polar surface area (TPSA) is 61.8 Å². The van der Waals surface area contributed by atoms with Crippen molar-refractivity contribution in [1.29, 1.82) is 5.26 Å². The van der Waals surface area contributed by atoms with Gasteiger partial charge in [-0.15, -0.1) is 0 Å². The van der Waals surface area contributed by atoms with E-state index in [1.165, 1.54) is 24.3 Å². The lowest BCUT2D eigenvalue weighted by Gasteiger charge is -2.13. The molecular formula is C14H9F4N3. The van der Waals surface area contributed by atoms with Crippen molar-refractivity contribution in [1.82, 2.24) is 0 Å². The first-order valence-corrected chi connectivity index (χ1v) is 5.74. The minimum absolute atomic E-state index is 0.0120. The summed E-state index contributed by atoms with van der Waals surface area (Å²) in [4.78, 5) is 0. The van der Waals surface area contributed by atoms with Crippen LogP contribution < -0.4 is 11.1 Å². The van der Waals surface area contributed by atoms with E-state index >= 15 is 0 Å². The summed E-state index contributed by atoms with van der Waals surface area (Å²) in [5.74, 6) is -0.687. The third kappa shape index (κ3) is 3.23. The van der Waals surface area contributed by atoms with Crippen molar-refractivity contribution >= 4 is 17.1 Å². The molecule has 0 unspecified atom stereocenters. The van der Waals surface area contributed by atoms with Crippen molar-refractivity contribution in [3.63, 3.8) is 0 Å². The number of nitriles is 1. The number of rotatable bonds is 2. The van der Waals surface area contributed by atoms with Crippen LogP contribution in [0.3, 0.4) is 0 Å². The van der Waals surface area contributed by atoms with Crippen LogP contribution in [0.4, 0.5) is 34.6 Å². The number of alkyl halides is 3. The molecule has 0 aliphatic rings. The van der Waals surface area contributed by atoms with Gasteiger partial charge in [-0.25, -0.2) is 4.39 Å². The molecule has 0 fully saturated rings. The molecule has 0 saturated carbocycles. The Morgan fingerprint density at radius 2 is 1.81 bits per heavy atom. The molecule has 0 aliphatic heterocycles. The number of nitrogens with one attached hydrogen (secondary N) is 1. The van der Waals surface area contributed by atoms with Crippen LogP contribution in [-0.2, 0) is 6.18 Å². The van der Waals surface area contributed by atoms with Gasteiger partial charge in [-0.3, -0.25) is 0 Å². The van der Waals surface area contributed by atoms with Gasteiger partial charge < -0.3 is 11.1 Å².